The number of thiazole rings is 1. The molecular weight excluding hydrogens is 346 g/mol. The SMILES string of the molecule is CCN(CC)S(=O)(=O)c1ccc(C)c(C(=O)N=c2sccn2C)c1. The zero-order valence-corrected chi connectivity index (χ0v) is 15.8. The van der Waals surface area contributed by atoms with Crippen molar-refractivity contribution in [2.45, 2.75) is 25.7 Å². The quantitative estimate of drug-likeness (QED) is 0.813. The lowest BCUT2D eigenvalue weighted by Gasteiger charge is -2.19. The molecule has 0 aliphatic heterocycles. The van der Waals surface area contributed by atoms with Crippen molar-refractivity contribution in [3.8, 4) is 0 Å². The average molecular weight is 367 g/mol. The molecule has 0 aliphatic carbocycles. The summed E-state index contributed by atoms with van der Waals surface area (Å²) in [5.41, 5.74) is 0.998. The Hall–Kier alpha value is -1.77. The molecule has 0 saturated heterocycles. The Morgan fingerprint density at radius 1 is 1.29 bits per heavy atom. The molecule has 0 atom stereocenters. The first-order chi connectivity index (χ1) is 11.3. The van der Waals surface area contributed by atoms with E-state index in [-0.39, 0.29) is 4.90 Å². The van der Waals surface area contributed by atoms with Crippen LogP contribution in [0.3, 0.4) is 0 Å². The minimum absolute atomic E-state index is 0.117. The van der Waals surface area contributed by atoms with E-state index in [9.17, 15) is 13.2 Å². The molecule has 2 aromatic rings. The molecule has 130 valence electrons. The third-order valence-corrected chi connectivity index (χ3v) is 6.63. The maximum absolute atomic E-state index is 12.6. The van der Waals surface area contributed by atoms with Gasteiger partial charge in [0.25, 0.3) is 5.91 Å². The highest BCUT2D eigenvalue weighted by Crippen LogP contribution is 2.20. The van der Waals surface area contributed by atoms with Crippen molar-refractivity contribution in [1.29, 1.82) is 0 Å². The van der Waals surface area contributed by atoms with E-state index in [0.717, 1.165) is 0 Å². The normalized spacial score (nSPS) is 12.8. The minimum Gasteiger partial charge on any atom is -0.327 e. The summed E-state index contributed by atoms with van der Waals surface area (Å²) in [6.45, 7) is 6.10. The first kappa shape index (κ1) is 18.6. The minimum atomic E-state index is -3.61. The van der Waals surface area contributed by atoms with Crippen LogP contribution in [0.5, 0.6) is 0 Å². The van der Waals surface area contributed by atoms with E-state index in [1.807, 2.05) is 11.6 Å². The van der Waals surface area contributed by atoms with E-state index < -0.39 is 15.9 Å². The molecule has 1 aromatic carbocycles. The van der Waals surface area contributed by atoms with Crippen LogP contribution in [0.1, 0.15) is 29.8 Å². The fraction of sp³-hybridized carbons (Fsp3) is 0.375. The predicted octanol–water partition coefficient (Wildman–Crippen LogP) is 2.17. The summed E-state index contributed by atoms with van der Waals surface area (Å²) >= 11 is 1.35. The van der Waals surface area contributed by atoms with E-state index in [4.69, 9.17) is 0 Å². The number of nitrogens with zero attached hydrogens (tertiary/aromatic N) is 3. The molecule has 1 aromatic heterocycles. The van der Waals surface area contributed by atoms with Gasteiger partial charge in [-0.2, -0.15) is 9.30 Å². The number of amides is 1. The molecule has 24 heavy (non-hydrogen) atoms. The molecule has 0 radical (unpaired) electrons. The lowest BCUT2D eigenvalue weighted by molar-refractivity contribution is 0.0997. The molecule has 1 amide bonds. The van der Waals surface area contributed by atoms with Crippen LogP contribution in [0, 0.1) is 6.92 Å². The second kappa shape index (κ2) is 7.42. The highest BCUT2D eigenvalue weighted by molar-refractivity contribution is 7.89. The van der Waals surface area contributed by atoms with Crippen molar-refractivity contribution in [1.82, 2.24) is 8.87 Å². The third kappa shape index (κ3) is 3.66. The number of carbonyl (C=O) groups excluding carboxylic acids is 1. The Bertz CT molecular complexity index is 907. The van der Waals surface area contributed by atoms with Crippen LogP contribution in [0.25, 0.3) is 0 Å². The first-order valence-corrected chi connectivity index (χ1v) is 9.93. The maximum atomic E-state index is 12.6. The van der Waals surface area contributed by atoms with Crippen LogP contribution in [0.15, 0.2) is 39.7 Å². The van der Waals surface area contributed by atoms with Gasteiger partial charge in [-0.3, -0.25) is 4.79 Å². The molecule has 8 heteroatoms. The van der Waals surface area contributed by atoms with Gasteiger partial charge in [-0.25, -0.2) is 8.42 Å². The van der Waals surface area contributed by atoms with Gasteiger partial charge in [0.05, 0.1) is 4.90 Å². The first-order valence-electron chi connectivity index (χ1n) is 7.61. The molecule has 0 aliphatic rings. The van der Waals surface area contributed by atoms with Crippen LogP contribution in [0.4, 0.5) is 0 Å². The molecule has 6 nitrogen and oxygen atoms in total. The maximum Gasteiger partial charge on any atom is 0.279 e. The van der Waals surface area contributed by atoms with Crippen molar-refractivity contribution in [3.63, 3.8) is 0 Å². The predicted molar refractivity (Wildman–Crippen MR) is 94.5 cm³/mol. The Kier molecular flexibility index (Phi) is 5.74. The number of hydrogen-bond donors (Lipinski definition) is 0. The van der Waals surface area contributed by atoms with Crippen molar-refractivity contribution in [2.75, 3.05) is 13.1 Å². The van der Waals surface area contributed by atoms with Gasteiger partial charge < -0.3 is 4.57 Å². The van der Waals surface area contributed by atoms with Crippen LogP contribution in [-0.4, -0.2) is 36.3 Å². The third-order valence-electron chi connectivity index (χ3n) is 3.74. The average Bonchev–Trinajstić information content (AvgIpc) is 2.93. The van der Waals surface area contributed by atoms with E-state index in [0.29, 0.717) is 29.0 Å². The highest BCUT2D eigenvalue weighted by Gasteiger charge is 2.23. The zero-order chi connectivity index (χ0) is 17.9. The van der Waals surface area contributed by atoms with Crippen LogP contribution >= 0.6 is 11.3 Å². The van der Waals surface area contributed by atoms with Gasteiger partial charge in [0.1, 0.15) is 0 Å². The van der Waals surface area contributed by atoms with E-state index in [1.54, 1.807) is 38.5 Å². The van der Waals surface area contributed by atoms with Gasteiger partial charge in [0.2, 0.25) is 10.0 Å². The van der Waals surface area contributed by atoms with Crippen LogP contribution in [0.2, 0.25) is 0 Å². The van der Waals surface area contributed by atoms with E-state index in [1.165, 1.54) is 27.8 Å². The second-order valence-electron chi connectivity index (χ2n) is 5.28. The Labute approximate surface area is 146 Å². The standard InChI is InChI=1S/C16H21N3O3S2/c1-5-19(6-2)24(21,22)13-8-7-12(3)14(11-13)15(20)17-16-18(4)9-10-23-16/h7-11H,5-6H2,1-4H3. The summed E-state index contributed by atoms with van der Waals surface area (Å²) < 4.78 is 28.4. The summed E-state index contributed by atoms with van der Waals surface area (Å²) in [7, 11) is -1.81. The highest BCUT2D eigenvalue weighted by atomic mass is 32.2. The molecule has 2 rings (SSSR count). The molecule has 0 unspecified atom stereocenters. The number of aromatic nitrogens is 1. The molecule has 0 fully saturated rings. The van der Waals surface area contributed by atoms with Crippen molar-refractivity contribution in [2.24, 2.45) is 12.0 Å². The lowest BCUT2D eigenvalue weighted by Crippen LogP contribution is -2.30. The molecule has 0 bridgehead atoms. The summed E-state index contributed by atoms with van der Waals surface area (Å²) in [6, 6.07) is 4.60. The van der Waals surface area contributed by atoms with Gasteiger partial charge in [-0.1, -0.05) is 19.9 Å². The lowest BCUT2D eigenvalue weighted by atomic mass is 10.1. The number of sulfonamides is 1. The molecule has 0 saturated carbocycles. The second-order valence-corrected chi connectivity index (χ2v) is 8.09. The van der Waals surface area contributed by atoms with Gasteiger partial charge in [0.15, 0.2) is 4.80 Å². The summed E-state index contributed by atoms with van der Waals surface area (Å²) in [5.74, 6) is -0.442. The van der Waals surface area contributed by atoms with Crippen molar-refractivity contribution in [3.05, 3.63) is 45.7 Å². The summed E-state index contributed by atoms with van der Waals surface area (Å²) in [6.07, 6.45) is 1.81. The van der Waals surface area contributed by atoms with Gasteiger partial charge in [-0.15, -0.1) is 11.3 Å². The number of aryl methyl sites for hydroxylation is 2. The Morgan fingerprint density at radius 3 is 2.50 bits per heavy atom. The van der Waals surface area contributed by atoms with E-state index in [2.05, 4.69) is 4.99 Å². The monoisotopic (exact) mass is 367 g/mol. The topological polar surface area (TPSA) is 71.7 Å². The van der Waals surface area contributed by atoms with Crippen molar-refractivity contribution < 1.29 is 13.2 Å². The summed E-state index contributed by atoms with van der Waals surface area (Å²) in [5, 5.41) is 1.83. The van der Waals surface area contributed by atoms with Gasteiger partial charge >= 0.3 is 0 Å². The number of carbonyl (C=O) groups is 1. The smallest absolute Gasteiger partial charge is 0.279 e. The Balaban J connectivity index is 2.50. The fourth-order valence-electron chi connectivity index (χ4n) is 2.29. The molecular formula is C16H21N3O3S2. The van der Waals surface area contributed by atoms with E-state index >= 15 is 0 Å². The number of rotatable bonds is 5. The van der Waals surface area contributed by atoms with Crippen LogP contribution < -0.4 is 4.80 Å². The van der Waals surface area contributed by atoms with Crippen LogP contribution in [-0.2, 0) is 17.1 Å². The molecule has 0 N–H and O–H groups in total. The van der Waals surface area contributed by atoms with Crippen molar-refractivity contribution >= 4 is 27.3 Å². The molecule has 1 heterocycles. The van der Waals surface area contributed by atoms with Gasteiger partial charge in [0, 0.05) is 37.3 Å². The zero-order valence-electron chi connectivity index (χ0n) is 14.2. The Morgan fingerprint density at radius 2 is 1.96 bits per heavy atom. The molecule has 0 spiro atoms. The number of benzene rings is 1. The summed E-state index contributed by atoms with van der Waals surface area (Å²) in [4.78, 5) is 17.3. The fourth-order valence-corrected chi connectivity index (χ4v) is 4.50. The number of hydrogen-bond acceptors (Lipinski definition) is 4. The van der Waals surface area contributed by atoms with Gasteiger partial charge in [-0.05, 0) is 24.6 Å². The largest absolute Gasteiger partial charge is 0.327 e.